The lowest BCUT2D eigenvalue weighted by Gasteiger charge is -2.36. The molecular weight excluding hydrogens is 1360 g/mol. The molecule has 0 radical (unpaired) electrons. The zero-order valence-corrected chi connectivity index (χ0v) is 60.0. The van der Waals surface area contributed by atoms with Crippen molar-refractivity contribution in [2.75, 3.05) is 13.2 Å². The maximum atomic E-state index is 14.9. The van der Waals surface area contributed by atoms with Crippen molar-refractivity contribution in [2.24, 2.45) is 23.7 Å². The molecule has 2 fully saturated rings. The monoisotopic (exact) mass is 1430 g/mol. The third-order valence-corrected chi connectivity index (χ3v) is 24.0. The van der Waals surface area contributed by atoms with Crippen molar-refractivity contribution >= 4 is 122 Å². The molecular formula is C82H70N4O12S4. The van der Waals surface area contributed by atoms with Crippen molar-refractivity contribution in [3.63, 3.8) is 0 Å². The van der Waals surface area contributed by atoms with Crippen LogP contribution in [0.2, 0.25) is 0 Å². The van der Waals surface area contributed by atoms with Crippen molar-refractivity contribution in [3.05, 3.63) is 167 Å². The zero-order valence-electron chi connectivity index (χ0n) is 56.8. The maximum Gasteiger partial charge on any atom is 0.330 e. The molecule has 4 heterocycles. The predicted octanol–water partition coefficient (Wildman–Crippen LogP) is 19.7. The Balaban J connectivity index is 0.795. The van der Waals surface area contributed by atoms with E-state index in [1.165, 1.54) is 45.3 Å². The second kappa shape index (κ2) is 31.5. The molecule has 16 nitrogen and oxygen atoms in total. The number of unbranched alkanes of at least 4 members (excludes halogenated alkanes) is 2. The van der Waals surface area contributed by atoms with Gasteiger partial charge >= 0.3 is 35.8 Å². The fourth-order valence-corrected chi connectivity index (χ4v) is 18.9. The van der Waals surface area contributed by atoms with Gasteiger partial charge in [0.15, 0.2) is 23.0 Å². The molecule has 0 amide bonds. The summed E-state index contributed by atoms with van der Waals surface area (Å²) in [6, 6.07) is 38.5. The number of ether oxygens (including phenoxy) is 6. The molecule has 514 valence electrons. The quantitative estimate of drug-likeness (QED) is 0.0250. The number of esters is 6. The van der Waals surface area contributed by atoms with Gasteiger partial charge in [-0.2, -0.15) is 21.0 Å². The second-order valence-electron chi connectivity index (χ2n) is 26.0. The van der Waals surface area contributed by atoms with E-state index in [-0.39, 0.29) is 38.0 Å². The molecule has 0 spiro atoms. The highest BCUT2D eigenvalue weighted by Gasteiger charge is 2.38. The highest BCUT2D eigenvalue weighted by atomic mass is 32.1. The number of rotatable bonds is 23. The summed E-state index contributed by atoms with van der Waals surface area (Å²) >= 11 is 5.61. The molecule has 0 aliphatic heterocycles. The van der Waals surface area contributed by atoms with Gasteiger partial charge in [0.1, 0.15) is 0 Å². The van der Waals surface area contributed by atoms with Crippen molar-refractivity contribution in [1.82, 2.24) is 0 Å². The highest BCUT2D eigenvalue weighted by molar-refractivity contribution is 7.25. The molecule has 0 unspecified atom stereocenters. The van der Waals surface area contributed by atoms with Crippen LogP contribution in [0.25, 0.3) is 82.1 Å². The van der Waals surface area contributed by atoms with Gasteiger partial charge in [-0.05, 0) is 234 Å². The van der Waals surface area contributed by atoms with Crippen LogP contribution >= 0.6 is 45.3 Å². The molecule has 6 aromatic carbocycles. The minimum atomic E-state index is -0.546. The second-order valence-corrected chi connectivity index (χ2v) is 30.2. The van der Waals surface area contributed by atoms with Gasteiger partial charge in [-0.25, -0.2) is 9.59 Å². The number of nitrogens with zero attached hydrogens (tertiary/aromatic N) is 4. The minimum Gasteiger partial charge on any atom is -0.463 e. The van der Waals surface area contributed by atoms with Crippen LogP contribution in [0.5, 0.6) is 23.0 Å². The Labute approximate surface area is 606 Å². The fourth-order valence-electron chi connectivity index (χ4n) is 13.9. The molecule has 0 atom stereocenters. The van der Waals surface area contributed by atoms with E-state index in [9.17, 15) is 49.8 Å². The third kappa shape index (κ3) is 15.3. The Hall–Kier alpha value is -10.6. The van der Waals surface area contributed by atoms with Crippen LogP contribution in [-0.2, 0) is 38.2 Å². The molecule has 2 aliphatic carbocycles. The lowest BCUT2D eigenvalue weighted by Crippen LogP contribution is -2.32. The molecule has 10 aromatic rings. The van der Waals surface area contributed by atoms with Crippen molar-refractivity contribution < 1.29 is 57.2 Å². The van der Waals surface area contributed by atoms with E-state index >= 15 is 0 Å². The summed E-state index contributed by atoms with van der Waals surface area (Å²) < 4.78 is 39.0. The van der Waals surface area contributed by atoms with E-state index in [4.69, 9.17) is 28.4 Å². The van der Waals surface area contributed by atoms with Crippen LogP contribution in [0.15, 0.2) is 122 Å². The summed E-state index contributed by atoms with van der Waals surface area (Å²) in [6.07, 6.45) is 9.41. The standard InChI is InChI=1S/C82H70N4O12S4/c1-7-69(87)93-31-11-9-13-71(89)95-73-61-37-65(57-27-15-49(41-83)33-45(57)3)101-79(61)75(63-39-67(99-77(63)73)59-29-17-51(43-85)35-47(59)5)97-81(91)55-23-19-53(20-24-55)54-21-25-56(26-22-54)82(92)98-76-64-40-68(60-30-18-52(44-86)36-48(60)6)100-78(64)74(96-72(90)14-10-12-32-94-70(88)8-2)62-38-66(102-80(62)76)58-28-16-50(42-84)34-46(58)4/h7-8,15-18,27-30,33-40,53-56H,1-2,9-14,19-26,31-32H2,3-6H3. The van der Waals surface area contributed by atoms with Crippen molar-refractivity contribution in [1.29, 1.82) is 21.0 Å². The number of fused-ring (bicyclic) bond motifs is 4. The Morgan fingerprint density at radius 3 is 0.931 bits per heavy atom. The largest absolute Gasteiger partial charge is 0.463 e. The molecule has 4 aromatic heterocycles. The van der Waals surface area contributed by atoms with Crippen LogP contribution in [0, 0.1) is 96.7 Å². The topological polar surface area (TPSA) is 253 Å². The van der Waals surface area contributed by atoms with Crippen LogP contribution < -0.4 is 18.9 Å². The number of hydrogen-bond donors (Lipinski definition) is 0. The van der Waals surface area contributed by atoms with Gasteiger partial charge in [0.05, 0.1) is 90.4 Å². The zero-order chi connectivity index (χ0) is 71.9. The van der Waals surface area contributed by atoms with E-state index in [1.54, 1.807) is 24.3 Å². The van der Waals surface area contributed by atoms with E-state index < -0.39 is 35.7 Å². The van der Waals surface area contributed by atoms with Crippen LogP contribution in [-0.4, -0.2) is 49.0 Å². The first-order chi connectivity index (χ1) is 49.4. The molecule has 2 saturated carbocycles. The van der Waals surface area contributed by atoms with Crippen LogP contribution in [0.1, 0.15) is 134 Å². The Morgan fingerprint density at radius 2 is 0.676 bits per heavy atom. The van der Waals surface area contributed by atoms with E-state index in [0.717, 1.165) is 102 Å². The van der Waals surface area contributed by atoms with Gasteiger partial charge in [-0.1, -0.05) is 37.4 Å². The lowest BCUT2D eigenvalue weighted by molar-refractivity contribution is -0.142. The number of benzene rings is 6. The van der Waals surface area contributed by atoms with Crippen LogP contribution in [0.4, 0.5) is 0 Å². The third-order valence-electron chi connectivity index (χ3n) is 19.3. The molecule has 12 rings (SSSR count). The average Bonchev–Trinajstić information content (AvgIpc) is 1.58. The van der Waals surface area contributed by atoms with Gasteiger partial charge < -0.3 is 28.4 Å². The highest BCUT2D eigenvalue weighted by Crippen LogP contribution is 2.56. The molecule has 0 saturated heterocycles. The van der Waals surface area contributed by atoms with Crippen LogP contribution in [0.3, 0.4) is 0 Å². The Morgan fingerprint density at radius 1 is 0.402 bits per heavy atom. The summed E-state index contributed by atoms with van der Waals surface area (Å²) in [6.45, 7) is 14.8. The number of thiophene rings is 4. The van der Waals surface area contributed by atoms with Gasteiger partial charge in [0.2, 0.25) is 0 Å². The van der Waals surface area contributed by atoms with E-state index in [2.05, 4.69) is 37.4 Å². The summed E-state index contributed by atoms with van der Waals surface area (Å²) in [7, 11) is 0. The van der Waals surface area contributed by atoms with E-state index in [0.29, 0.717) is 149 Å². The minimum absolute atomic E-state index is 0.0356. The number of hydrogen-bond acceptors (Lipinski definition) is 20. The SMILES string of the molecule is C=CC(=O)OCCCCC(=O)Oc1c2cc(-c3ccc(C#N)cc3C)sc2c(OC(=O)C2CCC(C3CCC(C(=O)Oc4c5cc(-c6ccc(C#N)cc6C)sc5c(OC(=O)CCCCOC(=O)C=C)c5cc(-c6ccc(C#N)cc6C)sc45)CC3)CC2)c2cc(-c3ccc(C#N)cc3C)sc12. The van der Waals surface area contributed by atoms with Crippen molar-refractivity contribution in [2.45, 2.75) is 118 Å². The summed E-state index contributed by atoms with van der Waals surface area (Å²) in [5.74, 6) is -1.66. The van der Waals surface area contributed by atoms with E-state index in [1.807, 2.05) is 100 Å². The van der Waals surface area contributed by atoms with Gasteiger partial charge in [0.25, 0.3) is 0 Å². The Kier molecular flexibility index (Phi) is 22.0. The summed E-state index contributed by atoms with van der Waals surface area (Å²) in [5, 5.41) is 41.4. The lowest BCUT2D eigenvalue weighted by atomic mass is 9.69. The van der Waals surface area contributed by atoms with Crippen molar-refractivity contribution in [3.8, 4) is 89.0 Å². The summed E-state index contributed by atoms with van der Waals surface area (Å²) in [5.41, 5.74) is 8.91. The van der Waals surface area contributed by atoms with Gasteiger partial charge in [0, 0.05) is 66.0 Å². The first-order valence-corrected chi connectivity index (χ1v) is 37.2. The van der Waals surface area contributed by atoms with Gasteiger partial charge in [-0.15, -0.1) is 45.3 Å². The first-order valence-electron chi connectivity index (χ1n) is 33.9. The number of carbonyl (C=O) groups is 6. The number of nitriles is 4. The molecule has 0 N–H and O–H groups in total. The number of aryl methyl sites for hydroxylation is 4. The maximum absolute atomic E-state index is 14.9. The number of carbonyl (C=O) groups excluding carboxylic acids is 6. The molecule has 20 heteroatoms. The molecule has 0 bridgehead atoms. The molecule has 2 aliphatic rings. The molecule has 102 heavy (non-hydrogen) atoms. The normalized spacial score (nSPS) is 15.7. The fraction of sp³-hybridized carbons (Fsp3) is 0.293. The summed E-state index contributed by atoms with van der Waals surface area (Å²) in [4.78, 5) is 84.4. The van der Waals surface area contributed by atoms with Gasteiger partial charge in [-0.3, -0.25) is 19.2 Å². The smallest absolute Gasteiger partial charge is 0.330 e. The first kappa shape index (κ1) is 71.3. The Bertz CT molecular complexity index is 4670. The predicted molar refractivity (Wildman–Crippen MR) is 397 cm³/mol. The average molecular weight is 1430 g/mol.